The van der Waals surface area contributed by atoms with E-state index < -0.39 is 6.43 Å². The lowest BCUT2D eigenvalue weighted by molar-refractivity contribution is 0.151. The minimum absolute atomic E-state index is 0.0776. The lowest BCUT2D eigenvalue weighted by Gasteiger charge is -2.03. The fraction of sp³-hybridized carbons (Fsp3) is 0.333. The molecule has 0 nitrogen and oxygen atoms in total. The summed E-state index contributed by atoms with van der Waals surface area (Å²) < 4.78 is 24.8. The van der Waals surface area contributed by atoms with E-state index in [-0.39, 0.29) is 5.56 Å². The van der Waals surface area contributed by atoms with Crippen molar-refractivity contribution < 1.29 is 8.78 Å². The summed E-state index contributed by atoms with van der Waals surface area (Å²) in [6.45, 7) is 2.05. The van der Waals surface area contributed by atoms with Crippen molar-refractivity contribution in [2.24, 2.45) is 0 Å². The third kappa shape index (κ3) is 3.74. The first-order valence-electron chi connectivity index (χ1n) is 4.81. The number of alkyl halides is 3. The molecule has 1 aromatic rings. The Balaban J connectivity index is 2.95. The molecule has 82 valence electrons. The third-order valence-electron chi connectivity index (χ3n) is 2.16. The summed E-state index contributed by atoms with van der Waals surface area (Å²) in [5.41, 5.74) is 2.11. The van der Waals surface area contributed by atoms with Gasteiger partial charge >= 0.3 is 0 Å². The molecule has 0 fully saturated rings. The summed E-state index contributed by atoms with van der Waals surface area (Å²) in [5, 5.41) is 0.780. The van der Waals surface area contributed by atoms with Crippen molar-refractivity contribution in [2.75, 3.05) is 5.33 Å². The molecule has 0 aromatic heterocycles. The summed E-state index contributed by atoms with van der Waals surface area (Å²) >= 11 is 3.36. The predicted octanol–water partition coefficient (Wildman–Crippen LogP) is 4.81. The number of halogens is 3. The van der Waals surface area contributed by atoms with Crippen molar-refractivity contribution in [1.29, 1.82) is 0 Å². The molecule has 0 aliphatic rings. The first-order chi connectivity index (χ1) is 7.17. The molecule has 0 saturated carbocycles. The molecule has 1 rings (SSSR count). The van der Waals surface area contributed by atoms with Gasteiger partial charge in [0.15, 0.2) is 0 Å². The van der Waals surface area contributed by atoms with E-state index in [0.29, 0.717) is 0 Å². The first kappa shape index (κ1) is 12.4. The average Bonchev–Trinajstić information content (AvgIpc) is 2.26. The summed E-state index contributed by atoms with van der Waals surface area (Å²) in [5.74, 6) is 0. The molecule has 0 amide bonds. The minimum Gasteiger partial charge on any atom is -0.205 e. The lowest BCUT2D eigenvalue weighted by atomic mass is 10.1. The van der Waals surface area contributed by atoms with E-state index in [9.17, 15) is 8.78 Å². The Morgan fingerprint density at radius 1 is 1.47 bits per heavy atom. The van der Waals surface area contributed by atoms with Crippen LogP contribution in [0.4, 0.5) is 8.78 Å². The minimum atomic E-state index is -2.40. The second-order valence-corrected chi connectivity index (χ2v) is 3.82. The Morgan fingerprint density at radius 2 is 2.20 bits per heavy atom. The molecule has 15 heavy (non-hydrogen) atoms. The average molecular weight is 275 g/mol. The zero-order valence-corrected chi connectivity index (χ0v) is 10.1. The SMILES string of the molecule is CC/C(=C/c1cccc(C(F)F)c1)CBr. The van der Waals surface area contributed by atoms with Crippen LogP contribution in [0.3, 0.4) is 0 Å². The van der Waals surface area contributed by atoms with Crippen molar-refractivity contribution in [1.82, 2.24) is 0 Å². The number of hydrogen-bond acceptors (Lipinski definition) is 0. The third-order valence-corrected chi connectivity index (χ3v) is 2.88. The monoisotopic (exact) mass is 274 g/mol. The van der Waals surface area contributed by atoms with Crippen molar-refractivity contribution in [3.8, 4) is 0 Å². The second-order valence-electron chi connectivity index (χ2n) is 3.26. The van der Waals surface area contributed by atoms with Crippen LogP contribution in [0.1, 0.15) is 30.9 Å². The largest absolute Gasteiger partial charge is 0.263 e. The quantitative estimate of drug-likeness (QED) is 0.691. The van der Waals surface area contributed by atoms with Crippen LogP contribution < -0.4 is 0 Å². The van der Waals surface area contributed by atoms with E-state index in [1.807, 2.05) is 19.1 Å². The summed E-state index contributed by atoms with van der Waals surface area (Å²) in [7, 11) is 0. The van der Waals surface area contributed by atoms with Crippen LogP contribution in [0, 0.1) is 0 Å². The van der Waals surface area contributed by atoms with Gasteiger partial charge in [-0.2, -0.15) is 0 Å². The molecule has 1 aromatic carbocycles. The van der Waals surface area contributed by atoms with Crippen LogP contribution in [0.2, 0.25) is 0 Å². The first-order valence-corrected chi connectivity index (χ1v) is 5.93. The van der Waals surface area contributed by atoms with Crippen LogP contribution in [-0.2, 0) is 0 Å². The Bertz CT molecular complexity index is 339. The maximum atomic E-state index is 12.4. The van der Waals surface area contributed by atoms with Crippen LogP contribution >= 0.6 is 15.9 Å². The van der Waals surface area contributed by atoms with Crippen LogP contribution in [0.5, 0.6) is 0 Å². The van der Waals surface area contributed by atoms with E-state index >= 15 is 0 Å². The Kier molecular flexibility index (Phi) is 4.95. The van der Waals surface area contributed by atoms with Crippen molar-refractivity contribution in [2.45, 2.75) is 19.8 Å². The highest BCUT2D eigenvalue weighted by Gasteiger charge is 2.06. The highest BCUT2D eigenvalue weighted by atomic mass is 79.9. The number of hydrogen-bond donors (Lipinski definition) is 0. The molecule has 0 saturated heterocycles. The molecule has 0 aliphatic carbocycles. The predicted molar refractivity (Wildman–Crippen MR) is 63.5 cm³/mol. The molecule has 0 bridgehead atoms. The van der Waals surface area contributed by atoms with Crippen molar-refractivity contribution >= 4 is 22.0 Å². The fourth-order valence-corrected chi connectivity index (χ4v) is 1.81. The van der Waals surface area contributed by atoms with Gasteiger partial charge in [-0.25, -0.2) is 8.78 Å². The zero-order chi connectivity index (χ0) is 11.3. The highest BCUT2D eigenvalue weighted by molar-refractivity contribution is 9.09. The summed E-state index contributed by atoms with van der Waals surface area (Å²) in [6.07, 6.45) is 0.470. The summed E-state index contributed by atoms with van der Waals surface area (Å²) in [6, 6.07) is 6.48. The van der Waals surface area contributed by atoms with Crippen LogP contribution in [0.15, 0.2) is 29.8 Å². The Labute approximate surface area is 97.1 Å². The van der Waals surface area contributed by atoms with E-state index in [4.69, 9.17) is 0 Å². The molecule has 0 atom stereocenters. The topological polar surface area (TPSA) is 0 Å². The van der Waals surface area contributed by atoms with Gasteiger partial charge in [0.2, 0.25) is 0 Å². The Hall–Kier alpha value is -0.700. The van der Waals surface area contributed by atoms with Gasteiger partial charge in [-0.3, -0.25) is 0 Å². The highest BCUT2D eigenvalue weighted by Crippen LogP contribution is 2.21. The molecular weight excluding hydrogens is 262 g/mol. The molecule has 0 heterocycles. The van der Waals surface area contributed by atoms with Crippen molar-refractivity contribution in [3.63, 3.8) is 0 Å². The van der Waals surface area contributed by atoms with E-state index in [0.717, 1.165) is 17.3 Å². The normalized spacial score (nSPS) is 12.2. The maximum absolute atomic E-state index is 12.4. The van der Waals surface area contributed by atoms with Gasteiger partial charge in [-0.1, -0.05) is 52.7 Å². The van der Waals surface area contributed by atoms with E-state index in [1.54, 1.807) is 6.07 Å². The van der Waals surface area contributed by atoms with Gasteiger partial charge in [-0.05, 0) is 18.1 Å². The van der Waals surface area contributed by atoms with Gasteiger partial charge in [-0.15, -0.1) is 0 Å². The summed E-state index contributed by atoms with van der Waals surface area (Å²) in [4.78, 5) is 0. The number of rotatable bonds is 4. The smallest absolute Gasteiger partial charge is 0.205 e. The van der Waals surface area contributed by atoms with Crippen LogP contribution in [0.25, 0.3) is 6.08 Å². The number of benzene rings is 1. The van der Waals surface area contributed by atoms with Gasteiger partial charge in [0.05, 0.1) is 0 Å². The van der Waals surface area contributed by atoms with Gasteiger partial charge in [0, 0.05) is 10.9 Å². The van der Waals surface area contributed by atoms with E-state index in [2.05, 4.69) is 15.9 Å². The molecule has 3 heteroatoms. The molecule has 0 spiro atoms. The van der Waals surface area contributed by atoms with E-state index in [1.165, 1.54) is 17.7 Å². The molecule has 0 unspecified atom stereocenters. The van der Waals surface area contributed by atoms with Crippen LogP contribution in [-0.4, -0.2) is 5.33 Å². The second kappa shape index (κ2) is 6.01. The van der Waals surface area contributed by atoms with Gasteiger partial charge in [0.25, 0.3) is 6.43 Å². The molecular formula is C12H13BrF2. The molecule has 0 N–H and O–H groups in total. The molecule has 0 radical (unpaired) electrons. The maximum Gasteiger partial charge on any atom is 0.263 e. The standard InChI is InChI=1S/C12H13BrF2/c1-2-9(8-13)6-10-4-3-5-11(7-10)12(14)15/h3-7,12H,2,8H2,1H3/b9-6-. The van der Waals surface area contributed by atoms with Crippen molar-refractivity contribution in [3.05, 3.63) is 41.0 Å². The zero-order valence-electron chi connectivity index (χ0n) is 8.51. The fourth-order valence-electron chi connectivity index (χ4n) is 1.26. The Morgan fingerprint density at radius 3 is 2.73 bits per heavy atom. The van der Waals surface area contributed by atoms with Gasteiger partial charge in [0.1, 0.15) is 0 Å². The van der Waals surface area contributed by atoms with Gasteiger partial charge < -0.3 is 0 Å². The molecule has 0 aliphatic heterocycles. The lowest BCUT2D eigenvalue weighted by Crippen LogP contribution is -1.86. The number of allylic oxidation sites excluding steroid dienone is 1.